The minimum Gasteiger partial charge on any atom is -0.398 e. The summed E-state index contributed by atoms with van der Waals surface area (Å²) in [5.41, 5.74) is 5.78. The molecule has 0 atom stereocenters. The fraction of sp³-hybridized carbons (Fsp3) is 0.364. The number of sulfone groups is 1. The lowest BCUT2D eigenvalue weighted by Gasteiger charge is -2.15. The molecule has 1 amide bonds. The molecule has 100 valence electrons. The molecule has 0 fully saturated rings. The van der Waals surface area contributed by atoms with Crippen LogP contribution in [0, 0.1) is 0 Å². The van der Waals surface area contributed by atoms with Crippen LogP contribution in [0.3, 0.4) is 0 Å². The summed E-state index contributed by atoms with van der Waals surface area (Å²) >= 11 is 3.18. The van der Waals surface area contributed by atoms with Gasteiger partial charge in [0.1, 0.15) is 5.75 Å². The fourth-order valence-electron chi connectivity index (χ4n) is 1.30. The van der Waals surface area contributed by atoms with Crippen LogP contribution in [0.25, 0.3) is 0 Å². The first-order valence-corrected chi connectivity index (χ1v) is 7.74. The lowest BCUT2D eigenvalue weighted by atomic mass is 10.3. The molecule has 0 saturated heterocycles. The van der Waals surface area contributed by atoms with Gasteiger partial charge in [0.2, 0.25) is 5.91 Å². The van der Waals surface area contributed by atoms with Crippen molar-refractivity contribution in [1.82, 2.24) is 4.90 Å². The molecule has 2 N–H and O–H groups in total. The molecular formula is C11H15BrN2O3S. The summed E-state index contributed by atoms with van der Waals surface area (Å²) in [6.45, 7) is 2.24. The monoisotopic (exact) mass is 334 g/mol. The number of rotatable bonds is 4. The Balaban J connectivity index is 3.07. The third-order valence-corrected chi connectivity index (χ3v) is 4.67. The molecule has 0 bridgehead atoms. The van der Waals surface area contributed by atoms with Crippen LogP contribution >= 0.6 is 15.9 Å². The number of amides is 1. The number of hydrogen-bond donors (Lipinski definition) is 1. The van der Waals surface area contributed by atoms with Crippen molar-refractivity contribution in [3.05, 3.63) is 22.7 Å². The predicted molar refractivity (Wildman–Crippen MR) is 73.9 cm³/mol. The summed E-state index contributed by atoms with van der Waals surface area (Å²) in [6, 6.07) is 4.54. The number of benzene rings is 1. The molecule has 0 aliphatic heterocycles. The zero-order valence-corrected chi connectivity index (χ0v) is 12.6. The summed E-state index contributed by atoms with van der Waals surface area (Å²) in [5, 5.41) is 0. The van der Waals surface area contributed by atoms with Crippen LogP contribution in [0.1, 0.15) is 6.92 Å². The van der Waals surface area contributed by atoms with Crippen molar-refractivity contribution >= 4 is 37.4 Å². The number of nitrogens with zero attached hydrogens (tertiary/aromatic N) is 1. The smallest absolute Gasteiger partial charge is 0.237 e. The number of halogens is 1. The second-order valence-corrected chi connectivity index (χ2v) is 6.72. The van der Waals surface area contributed by atoms with Gasteiger partial charge in [-0.1, -0.05) is 15.9 Å². The Labute approximate surface area is 115 Å². The maximum atomic E-state index is 12.1. The zero-order valence-electron chi connectivity index (χ0n) is 10.2. The third-order valence-electron chi connectivity index (χ3n) is 2.52. The van der Waals surface area contributed by atoms with E-state index in [0.717, 1.165) is 0 Å². The van der Waals surface area contributed by atoms with Crippen LogP contribution in [-0.4, -0.2) is 38.6 Å². The molecular weight excluding hydrogens is 320 g/mol. The van der Waals surface area contributed by atoms with E-state index in [0.29, 0.717) is 11.0 Å². The number of anilines is 1. The molecule has 0 radical (unpaired) electrons. The van der Waals surface area contributed by atoms with Crippen LogP contribution in [0.5, 0.6) is 0 Å². The number of nitrogen functional groups attached to an aromatic ring is 1. The van der Waals surface area contributed by atoms with Crippen LogP contribution in [-0.2, 0) is 14.6 Å². The summed E-state index contributed by atoms with van der Waals surface area (Å²) < 4.78 is 24.8. The fourth-order valence-corrected chi connectivity index (χ4v) is 3.25. The third kappa shape index (κ3) is 3.46. The van der Waals surface area contributed by atoms with E-state index in [1.54, 1.807) is 20.0 Å². The Morgan fingerprint density at radius 1 is 1.44 bits per heavy atom. The van der Waals surface area contributed by atoms with E-state index < -0.39 is 21.5 Å². The van der Waals surface area contributed by atoms with Crippen LogP contribution in [0.15, 0.2) is 27.6 Å². The molecule has 0 aliphatic carbocycles. The average molecular weight is 335 g/mol. The topological polar surface area (TPSA) is 80.5 Å². The Morgan fingerprint density at radius 2 is 2.06 bits per heavy atom. The number of hydrogen-bond acceptors (Lipinski definition) is 4. The van der Waals surface area contributed by atoms with Crippen molar-refractivity contribution in [2.45, 2.75) is 11.8 Å². The van der Waals surface area contributed by atoms with Crippen molar-refractivity contribution in [3.8, 4) is 0 Å². The van der Waals surface area contributed by atoms with Gasteiger partial charge in [-0.15, -0.1) is 0 Å². The quantitative estimate of drug-likeness (QED) is 0.841. The van der Waals surface area contributed by atoms with Gasteiger partial charge >= 0.3 is 0 Å². The molecule has 0 aromatic heterocycles. The van der Waals surface area contributed by atoms with Crippen LogP contribution < -0.4 is 5.73 Å². The normalized spacial score (nSPS) is 11.3. The first-order chi connectivity index (χ1) is 8.27. The van der Waals surface area contributed by atoms with Gasteiger partial charge in [-0.25, -0.2) is 8.42 Å². The first kappa shape index (κ1) is 15.0. The second-order valence-electron chi connectivity index (χ2n) is 3.85. The summed E-state index contributed by atoms with van der Waals surface area (Å²) in [4.78, 5) is 13.0. The highest BCUT2D eigenvalue weighted by molar-refractivity contribution is 9.10. The maximum Gasteiger partial charge on any atom is 0.237 e. The highest BCUT2D eigenvalue weighted by Gasteiger charge is 2.23. The Hall–Kier alpha value is -1.08. The minimum atomic E-state index is -3.71. The van der Waals surface area contributed by atoms with Crippen molar-refractivity contribution in [1.29, 1.82) is 0 Å². The number of carbonyl (C=O) groups excluding carboxylic acids is 1. The largest absolute Gasteiger partial charge is 0.398 e. The van der Waals surface area contributed by atoms with Gasteiger partial charge in [-0.2, -0.15) is 0 Å². The molecule has 1 rings (SSSR count). The lowest BCUT2D eigenvalue weighted by Crippen LogP contribution is -2.32. The molecule has 1 aromatic carbocycles. The molecule has 7 heteroatoms. The Morgan fingerprint density at radius 3 is 2.61 bits per heavy atom. The van der Waals surface area contributed by atoms with Gasteiger partial charge in [0, 0.05) is 18.1 Å². The van der Waals surface area contributed by atoms with E-state index in [9.17, 15) is 13.2 Å². The SMILES string of the molecule is CCN(C)C(=O)CS(=O)(=O)c1cc(Br)ccc1N. The molecule has 0 spiro atoms. The van der Waals surface area contributed by atoms with Crippen molar-refractivity contribution in [2.24, 2.45) is 0 Å². The van der Waals surface area contributed by atoms with Gasteiger partial charge in [0.25, 0.3) is 0 Å². The predicted octanol–water partition coefficient (Wildman–Crippen LogP) is 1.28. The first-order valence-electron chi connectivity index (χ1n) is 5.29. The van der Waals surface area contributed by atoms with Gasteiger partial charge in [-0.05, 0) is 25.1 Å². The van der Waals surface area contributed by atoms with Crippen molar-refractivity contribution < 1.29 is 13.2 Å². The molecule has 0 saturated carbocycles. The molecule has 0 heterocycles. The summed E-state index contributed by atoms with van der Waals surface area (Å²) in [5.74, 6) is -1.02. The van der Waals surface area contributed by atoms with Gasteiger partial charge in [-0.3, -0.25) is 4.79 Å². The average Bonchev–Trinajstić information content (AvgIpc) is 2.30. The maximum absolute atomic E-state index is 12.1. The van der Waals surface area contributed by atoms with Crippen molar-refractivity contribution in [3.63, 3.8) is 0 Å². The molecule has 18 heavy (non-hydrogen) atoms. The van der Waals surface area contributed by atoms with Crippen LogP contribution in [0.4, 0.5) is 5.69 Å². The van der Waals surface area contributed by atoms with E-state index in [1.165, 1.54) is 17.0 Å². The minimum absolute atomic E-state index is 0.0188. The van der Waals surface area contributed by atoms with Crippen molar-refractivity contribution in [2.75, 3.05) is 25.1 Å². The molecule has 0 aliphatic rings. The van der Waals surface area contributed by atoms with Gasteiger partial charge in [0.15, 0.2) is 9.84 Å². The Kier molecular flexibility index (Phi) is 4.75. The summed E-state index contributed by atoms with van der Waals surface area (Å²) in [7, 11) is -2.16. The van der Waals surface area contributed by atoms with E-state index in [1.807, 2.05) is 0 Å². The summed E-state index contributed by atoms with van der Waals surface area (Å²) in [6.07, 6.45) is 0. The van der Waals surface area contributed by atoms with E-state index in [4.69, 9.17) is 5.73 Å². The second kappa shape index (κ2) is 5.71. The van der Waals surface area contributed by atoms with Gasteiger partial charge in [0.05, 0.1) is 10.6 Å². The van der Waals surface area contributed by atoms with E-state index >= 15 is 0 Å². The molecule has 1 aromatic rings. The highest BCUT2D eigenvalue weighted by atomic mass is 79.9. The van der Waals surface area contributed by atoms with E-state index in [2.05, 4.69) is 15.9 Å². The zero-order chi connectivity index (χ0) is 13.9. The molecule has 5 nitrogen and oxygen atoms in total. The standard InChI is InChI=1S/C11H15BrN2O3S/c1-3-14(2)11(15)7-18(16,17)10-6-8(12)4-5-9(10)13/h4-6H,3,7,13H2,1-2H3. The number of carbonyl (C=O) groups is 1. The highest BCUT2D eigenvalue weighted by Crippen LogP contribution is 2.24. The van der Waals surface area contributed by atoms with Crippen LogP contribution in [0.2, 0.25) is 0 Å². The number of nitrogens with two attached hydrogens (primary N) is 1. The molecule has 0 unspecified atom stereocenters. The van der Waals surface area contributed by atoms with E-state index in [-0.39, 0.29) is 10.6 Å². The Bertz CT molecular complexity index is 557. The van der Waals surface area contributed by atoms with Gasteiger partial charge < -0.3 is 10.6 Å². The lowest BCUT2D eigenvalue weighted by molar-refractivity contribution is -0.126.